The molecule has 9 heteroatoms. The summed E-state index contributed by atoms with van der Waals surface area (Å²) in [6.07, 6.45) is -9.74. The van der Waals surface area contributed by atoms with Gasteiger partial charge in [0.2, 0.25) is 5.91 Å². The van der Waals surface area contributed by atoms with Crippen molar-refractivity contribution in [1.29, 1.82) is 0 Å². The zero-order valence-electron chi connectivity index (χ0n) is 17.0. The van der Waals surface area contributed by atoms with Crippen molar-refractivity contribution in [1.82, 2.24) is 4.90 Å². The molecule has 0 fully saturated rings. The summed E-state index contributed by atoms with van der Waals surface area (Å²) < 4.78 is 78.3. The summed E-state index contributed by atoms with van der Waals surface area (Å²) in [6.45, 7) is -0.447. The van der Waals surface area contributed by atoms with E-state index < -0.39 is 42.0 Å². The standard InChI is InChI=1S/C23H20F6N2O/c1-31(13-15-9-18(22(24,25)26)12-19(10-15)23(27,28)29)21(32)20(30)11-14-6-7-16-4-2-3-5-17(16)8-14/h2-10,12,20H,11,13,30H2,1H3/t20-/m0/s1. The number of likely N-dealkylation sites (N-methyl/N-ethyl adjacent to an activating group) is 1. The van der Waals surface area contributed by atoms with Crippen LogP contribution in [-0.4, -0.2) is 23.9 Å². The lowest BCUT2D eigenvalue weighted by atomic mass is 10.0. The summed E-state index contributed by atoms with van der Waals surface area (Å²) in [7, 11) is 1.29. The number of amides is 1. The molecule has 1 amide bonds. The van der Waals surface area contributed by atoms with Crippen LogP contribution in [0, 0.1) is 0 Å². The van der Waals surface area contributed by atoms with Crippen molar-refractivity contribution < 1.29 is 31.1 Å². The van der Waals surface area contributed by atoms with Crippen LogP contribution in [0.2, 0.25) is 0 Å². The van der Waals surface area contributed by atoms with Crippen LogP contribution in [0.1, 0.15) is 22.3 Å². The Morgan fingerprint density at radius 1 is 0.844 bits per heavy atom. The number of rotatable bonds is 5. The number of halogens is 6. The van der Waals surface area contributed by atoms with Gasteiger partial charge >= 0.3 is 12.4 Å². The molecule has 170 valence electrons. The summed E-state index contributed by atoms with van der Waals surface area (Å²) in [6, 6.07) is 13.4. The number of carbonyl (C=O) groups is 1. The first kappa shape index (κ1) is 23.6. The molecule has 0 bridgehead atoms. The first-order valence-electron chi connectivity index (χ1n) is 9.61. The molecule has 3 rings (SSSR count). The average Bonchev–Trinajstić information content (AvgIpc) is 2.71. The third kappa shape index (κ3) is 5.59. The van der Waals surface area contributed by atoms with E-state index >= 15 is 0 Å². The molecule has 32 heavy (non-hydrogen) atoms. The Bertz CT molecular complexity index is 1090. The Labute approximate surface area is 180 Å². The number of carbonyl (C=O) groups excluding carboxylic acids is 1. The number of nitrogens with zero attached hydrogens (tertiary/aromatic N) is 1. The fraction of sp³-hybridized carbons (Fsp3) is 0.261. The van der Waals surface area contributed by atoms with E-state index in [1.54, 1.807) is 0 Å². The lowest BCUT2D eigenvalue weighted by Gasteiger charge is -2.23. The highest BCUT2D eigenvalue weighted by atomic mass is 19.4. The van der Waals surface area contributed by atoms with E-state index in [1.165, 1.54) is 7.05 Å². The Kier molecular flexibility index (Phi) is 6.50. The zero-order valence-corrected chi connectivity index (χ0v) is 17.0. The Morgan fingerprint density at radius 2 is 1.41 bits per heavy atom. The van der Waals surface area contributed by atoms with Crippen molar-refractivity contribution in [2.45, 2.75) is 31.4 Å². The molecule has 0 radical (unpaired) electrons. The molecular weight excluding hydrogens is 434 g/mol. The van der Waals surface area contributed by atoms with Crippen LogP contribution >= 0.6 is 0 Å². The van der Waals surface area contributed by atoms with Crippen molar-refractivity contribution in [3.8, 4) is 0 Å². The zero-order chi connectivity index (χ0) is 23.7. The van der Waals surface area contributed by atoms with Gasteiger partial charge < -0.3 is 10.6 Å². The predicted octanol–water partition coefficient (Wildman–Crippen LogP) is 5.41. The minimum atomic E-state index is -4.95. The molecule has 0 aliphatic carbocycles. The second kappa shape index (κ2) is 8.82. The lowest BCUT2D eigenvalue weighted by Crippen LogP contribution is -2.42. The van der Waals surface area contributed by atoms with Gasteiger partial charge in [0.25, 0.3) is 0 Å². The topological polar surface area (TPSA) is 46.3 Å². The van der Waals surface area contributed by atoms with Crippen molar-refractivity contribution in [3.05, 3.63) is 82.9 Å². The number of alkyl halides is 6. The molecule has 0 aliphatic heterocycles. The van der Waals surface area contributed by atoms with Crippen LogP contribution in [-0.2, 0) is 30.1 Å². The quantitative estimate of drug-likeness (QED) is 0.525. The van der Waals surface area contributed by atoms with Gasteiger partial charge in [0.05, 0.1) is 17.2 Å². The Hall–Kier alpha value is -3.07. The van der Waals surface area contributed by atoms with Crippen LogP contribution in [0.5, 0.6) is 0 Å². The first-order chi connectivity index (χ1) is 14.8. The summed E-state index contributed by atoms with van der Waals surface area (Å²) >= 11 is 0. The Morgan fingerprint density at radius 3 is 1.97 bits per heavy atom. The van der Waals surface area contributed by atoms with E-state index in [-0.39, 0.29) is 18.1 Å². The minimum absolute atomic E-state index is 0.0524. The number of hydrogen-bond acceptors (Lipinski definition) is 2. The fourth-order valence-electron chi connectivity index (χ4n) is 3.45. The van der Waals surface area contributed by atoms with Crippen molar-refractivity contribution in [2.24, 2.45) is 5.73 Å². The summed E-state index contributed by atoms with van der Waals surface area (Å²) in [5, 5.41) is 1.97. The van der Waals surface area contributed by atoms with E-state index in [0.717, 1.165) is 21.2 Å². The van der Waals surface area contributed by atoms with Crippen LogP contribution in [0.25, 0.3) is 10.8 Å². The molecule has 0 saturated carbocycles. The largest absolute Gasteiger partial charge is 0.416 e. The van der Waals surface area contributed by atoms with E-state index in [0.29, 0.717) is 12.1 Å². The van der Waals surface area contributed by atoms with Crippen molar-refractivity contribution >= 4 is 16.7 Å². The lowest BCUT2D eigenvalue weighted by molar-refractivity contribution is -0.143. The number of fused-ring (bicyclic) bond motifs is 1. The third-order valence-corrected chi connectivity index (χ3v) is 5.03. The molecule has 3 nitrogen and oxygen atoms in total. The van der Waals surface area contributed by atoms with Gasteiger partial charge in [0.15, 0.2) is 0 Å². The van der Waals surface area contributed by atoms with Gasteiger partial charge in [-0.05, 0) is 46.5 Å². The molecule has 0 saturated heterocycles. The highest BCUT2D eigenvalue weighted by molar-refractivity contribution is 5.84. The van der Waals surface area contributed by atoms with Gasteiger partial charge in [-0.1, -0.05) is 42.5 Å². The van der Waals surface area contributed by atoms with E-state index in [2.05, 4.69) is 0 Å². The van der Waals surface area contributed by atoms with Crippen LogP contribution in [0.15, 0.2) is 60.7 Å². The summed E-state index contributed by atoms with van der Waals surface area (Å²) in [4.78, 5) is 13.7. The predicted molar refractivity (Wildman–Crippen MR) is 109 cm³/mol. The van der Waals surface area contributed by atoms with E-state index in [4.69, 9.17) is 5.73 Å². The van der Waals surface area contributed by atoms with Gasteiger partial charge in [0, 0.05) is 13.6 Å². The second-order valence-corrected chi connectivity index (χ2v) is 7.60. The molecule has 3 aromatic rings. The number of benzene rings is 3. The van der Waals surface area contributed by atoms with Crippen LogP contribution in [0.4, 0.5) is 26.3 Å². The molecular formula is C23H20F6N2O. The molecule has 0 aromatic heterocycles. The maximum Gasteiger partial charge on any atom is 0.416 e. The summed E-state index contributed by atoms with van der Waals surface area (Å²) in [5.41, 5.74) is 3.64. The number of hydrogen-bond donors (Lipinski definition) is 1. The van der Waals surface area contributed by atoms with Gasteiger partial charge in [-0.2, -0.15) is 26.3 Å². The fourth-order valence-corrected chi connectivity index (χ4v) is 3.45. The summed E-state index contributed by atoms with van der Waals surface area (Å²) in [5.74, 6) is -0.593. The monoisotopic (exact) mass is 454 g/mol. The minimum Gasteiger partial charge on any atom is -0.340 e. The van der Waals surface area contributed by atoms with E-state index in [1.807, 2.05) is 42.5 Å². The molecule has 0 aliphatic rings. The van der Waals surface area contributed by atoms with E-state index in [9.17, 15) is 31.1 Å². The van der Waals surface area contributed by atoms with Gasteiger partial charge in [0.1, 0.15) is 0 Å². The normalized spacial score (nSPS) is 13.2. The molecule has 0 spiro atoms. The Balaban J connectivity index is 1.76. The SMILES string of the molecule is CN(Cc1cc(C(F)(F)F)cc(C(F)(F)F)c1)C(=O)[C@@H](N)Cc1ccc2ccccc2c1. The average molecular weight is 454 g/mol. The highest BCUT2D eigenvalue weighted by Crippen LogP contribution is 2.36. The maximum atomic E-state index is 13.0. The molecule has 3 aromatic carbocycles. The molecule has 0 heterocycles. The smallest absolute Gasteiger partial charge is 0.340 e. The van der Waals surface area contributed by atoms with Gasteiger partial charge in [-0.3, -0.25) is 4.79 Å². The number of nitrogens with two attached hydrogens (primary N) is 1. The van der Waals surface area contributed by atoms with Gasteiger partial charge in [-0.15, -0.1) is 0 Å². The van der Waals surface area contributed by atoms with Crippen LogP contribution in [0.3, 0.4) is 0 Å². The molecule has 0 unspecified atom stereocenters. The maximum absolute atomic E-state index is 13.0. The van der Waals surface area contributed by atoms with Crippen LogP contribution < -0.4 is 5.73 Å². The molecule has 1 atom stereocenters. The first-order valence-corrected chi connectivity index (χ1v) is 9.61. The second-order valence-electron chi connectivity index (χ2n) is 7.60. The highest BCUT2D eigenvalue weighted by Gasteiger charge is 2.37. The van der Waals surface area contributed by atoms with Crippen molar-refractivity contribution in [2.75, 3.05) is 7.05 Å². The molecule has 2 N–H and O–H groups in total. The van der Waals surface area contributed by atoms with Crippen molar-refractivity contribution in [3.63, 3.8) is 0 Å². The third-order valence-electron chi connectivity index (χ3n) is 5.03. The van der Waals surface area contributed by atoms with Gasteiger partial charge in [-0.25, -0.2) is 0 Å².